The number of ketones is 1. The third kappa shape index (κ3) is 6.06. The van der Waals surface area contributed by atoms with E-state index in [1.165, 1.54) is 0 Å². The van der Waals surface area contributed by atoms with Crippen LogP contribution in [0.3, 0.4) is 0 Å². The van der Waals surface area contributed by atoms with Gasteiger partial charge in [-0.05, 0) is 25.8 Å². The number of rotatable bonds is 7. The van der Waals surface area contributed by atoms with Crippen LogP contribution in [0.4, 0.5) is 0 Å². The SMILES string of the molecule is NCCCCC(N=S(=O)=O)C(=O)CCl. The molecule has 0 bridgehead atoms. The van der Waals surface area contributed by atoms with Crippen molar-refractivity contribution in [3.8, 4) is 0 Å². The molecule has 1 unspecified atom stereocenters. The maximum Gasteiger partial charge on any atom is 0.311 e. The van der Waals surface area contributed by atoms with Gasteiger partial charge < -0.3 is 5.73 Å². The van der Waals surface area contributed by atoms with Crippen LogP contribution >= 0.6 is 11.6 Å². The van der Waals surface area contributed by atoms with Crippen LogP contribution in [0.2, 0.25) is 0 Å². The van der Waals surface area contributed by atoms with Crippen molar-refractivity contribution in [3.05, 3.63) is 0 Å². The van der Waals surface area contributed by atoms with E-state index < -0.39 is 16.5 Å². The van der Waals surface area contributed by atoms with Gasteiger partial charge in [0.1, 0.15) is 6.04 Å². The molecule has 7 heteroatoms. The highest BCUT2D eigenvalue weighted by molar-refractivity contribution is 7.61. The zero-order chi connectivity index (χ0) is 11.0. The van der Waals surface area contributed by atoms with Crippen LogP contribution in [0.5, 0.6) is 0 Å². The van der Waals surface area contributed by atoms with Gasteiger partial charge in [0.2, 0.25) is 0 Å². The third-order valence-corrected chi connectivity index (χ3v) is 2.34. The Labute approximate surface area is 89.3 Å². The highest BCUT2D eigenvalue weighted by atomic mass is 35.5. The second kappa shape index (κ2) is 7.90. The fourth-order valence-electron chi connectivity index (χ4n) is 0.947. The zero-order valence-electron chi connectivity index (χ0n) is 7.65. The molecule has 5 nitrogen and oxygen atoms in total. The summed E-state index contributed by atoms with van der Waals surface area (Å²) in [7, 11) is -2.56. The molecule has 1 atom stereocenters. The fourth-order valence-corrected chi connectivity index (χ4v) is 1.56. The van der Waals surface area contributed by atoms with Gasteiger partial charge in [-0.2, -0.15) is 12.8 Å². The van der Waals surface area contributed by atoms with Crippen molar-refractivity contribution in [1.29, 1.82) is 0 Å². The minimum absolute atomic E-state index is 0.214. The van der Waals surface area contributed by atoms with Crippen molar-refractivity contribution in [3.63, 3.8) is 0 Å². The summed E-state index contributed by atoms with van der Waals surface area (Å²) in [5.41, 5.74) is 5.26. The van der Waals surface area contributed by atoms with Crippen LogP contribution in [-0.2, 0) is 15.3 Å². The second-order valence-corrected chi connectivity index (χ2v) is 3.64. The van der Waals surface area contributed by atoms with E-state index >= 15 is 0 Å². The molecule has 0 heterocycles. The lowest BCUT2D eigenvalue weighted by Gasteiger charge is -2.05. The molecular formula is C7H13ClN2O3S. The molecule has 0 aliphatic heterocycles. The van der Waals surface area contributed by atoms with Gasteiger partial charge >= 0.3 is 10.5 Å². The number of alkyl halides is 1. The van der Waals surface area contributed by atoms with Gasteiger partial charge in [-0.3, -0.25) is 4.79 Å². The minimum atomic E-state index is -2.56. The molecule has 82 valence electrons. The van der Waals surface area contributed by atoms with Crippen LogP contribution < -0.4 is 5.73 Å². The van der Waals surface area contributed by atoms with E-state index in [0.717, 1.165) is 6.42 Å². The molecule has 14 heavy (non-hydrogen) atoms. The molecule has 0 aromatic carbocycles. The van der Waals surface area contributed by atoms with Crippen molar-refractivity contribution in [2.75, 3.05) is 12.4 Å². The highest BCUT2D eigenvalue weighted by Gasteiger charge is 2.16. The van der Waals surface area contributed by atoms with Crippen LogP contribution in [0.15, 0.2) is 4.36 Å². The Morgan fingerprint density at radius 2 is 2.07 bits per heavy atom. The van der Waals surface area contributed by atoms with Crippen LogP contribution in [-0.4, -0.2) is 32.7 Å². The molecule has 0 aliphatic carbocycles. The first kappa shape index (κ1) is 13.5. The lowest BCUT2D eigenvalue weighted by atomic mass is 10.1. The molecule has 0 amide bonds. The summed E-state index contributed by atoms with van der Waals surface area (Å²) in [6.45, 7) is 0.516. The number of unbranched alkanes of at least 4 members (excludes halogenated alkanes) is 1. The lowest BCUT2D eigenvalue weighted by Crippen LogP contribution is -2.20. The molecule has 0 spiro atoms. The lowest BCUT2D eigenvalue weighted by molar-refractivity contribution is -0.117. The van der Waals surface area contributed by atoms with E-state index in [1.807, 2.05) is 0 Å². The van der Waals surface area contributed by atoms with Gasteiger partial charge in [0.05, 0.1) is 5.88 Å². The summed E-state index contributed by atoms with van der Waals surface area (Å²) >= 11 is 5.31. The average Bonchev–Trinajstić information content (AvgIpc) is 2.15. The predicted molar refractivity (Wildman–Crippen MR) is 53.8 cm³/mol. The van der Waals surface area contributed by atoms with Crippen molar-refractivity contribution >= 4 is 27.9 Å². The van der Waals surface area contributed by atoms with Gasteiger partial charge in [0.15, 0.2) is 5.78 Å². The van der Waals surface area contributed by atoms with Gasteiger partial charge in [-0.15, -0.1) is 11.6 Å². The second-order valence-electron chi connectivity index (χ2n) is 2.72. The first-order chi connectivity index (χ1) is 6.61. The maximum absolute atomic E-state index is 11.1. The van der Waals surface area contributed by atoms with Crippen LogP contribution in [0, 0.1) is 0 Å². The Balaban J connectivity index is 4.26. The summed E-state index contributed by atoms with van der Waals surface area (Å²) in [4.78, 5) is 11.1. The van der Waals surface area contributed by atoms with E-state index in [9.17, 15) is 13.2 Å². The van der Waals surface area contributed by atoms with E-state index in [2.05, 4.69) is 4.36 Å². The summed E-state index contributed by atoms with van der Waals surface area (Å²) in [5.74, 6) is -0.582. The van der Waals surface area contributed by atoms with Crippen molar-refractivity contribution in [1.82, 2.24) is 0 Å². The molecule has 2 N–H and O–H groups in total. The number of carbonyl (C=O) groups excluding carboxylic acids is 1. The summed E-state index contributed by atoms with van der Waals surface area (Å²) in [6, 6.07) is -0.836. The van der Waals surface area contributed by atoms with Gasteiger partial charge in [0.25, 0.3) is 0 Å². The number of halogens is 1. The molecule has 0 rings (SSSR count). The Bertz CT molecular complexity index is 294. The largest absolute Gasteiger partial charge is 0.330 e. The molecule has 0 fully saturated rings. The van der Waals surface area contributed by atoms with Crippen LogP contribution in [0.25, 0.3) is 0 Å². The number of carbonyl (C=O) groups is 1. The molecule has 0 aliphatic rings. The monoisotopic (exact) mass is 240 g/mol. The number of nitrogens with two attached hydrogens (primary N) is 1. The number of hydrogen-bond acceptors (Lipinski definition) is 5. The maximum atomic E-state index is 11.1. The Hall–Kier alpha value is -0.460. The van der Waals surface area contributed by atoms with Gasteiger partial charge in [-0.25, -0.2) is 0 Å². The Morgan fingerprint density at radius 1 is 1.43 bits per heavy atom. The minimum Gasteiger partial charge on any atom is -0.330 e. The van der Waals surface area contributed by atoms with E-state index in [1.54, 1.807) is 0 Å². The molecular weight excluding hydrogens is 228 g/mol. The number of hydrogen-bond donors (Lipinski definition) is 1. The first-order valence-electron chi connectivity index (χ1n) is 4.20. The molecule has 0 radical (unpaired) electrons. The van der Waals surface area contributed by atoms with Crippen molar-refractivity contribution < 1.29 is 13.2 Å². The van der Waals surface area contributed by atoms with E-state index in [4.69, 9.17) is 17.3 Å². The van der Waals surface area contributed by atoms with Gasteiger partial charge in [-0.1, -0.05) is 0 Å². The Kier molecular flexibility index (Phi) is 7.64. The molecule has 0 saturated carbocycles. The van der Waals surface area contributed by atoms with Gasteiger partial charge in [0, 0.05) is 0 Å². The molecule has 0 aromatic rings. The smallest absolute Gasteiger partial charge is 0.311 e. The summed E-state index contributed by atoms with van der Waals surface area (Å²) < 4.78 is 23.8. The highest BCUT2D eigenvalue weighted by Crippen LogP contribution is 2.06. The van der Waals surface area contributed by atoms with E-state index in [0.29, 0.717) is 19.4 Å². The third-order valence-electron chi connectivity index (χ3n) is 1.65. The van der Waals surface area contributed by atoms with Crippen molar-refractivity contribution in [2.24, 2.45) is 10.1 Å². The Morgan fingerprint density at radius 3 is 2.50 bits per heavy atom. The van der Waals surface area contributed by atoms with E-state index in [-0.39, 0.29) is 11.7 Å². The van der Waals surface area contributed by atoms with Crippen LogP contribution in [0.1, 0.15) is 19.3 Å². The molecule has 0 saturated heterocycles. The fraction of sp³-hybridized carbons (Fsp3) is 0.857. The first-order valence-corrected chi connectivity index (χ1v) is 5.77. The number of Topliss-reactive ketones (excluding diaryl/α,β-unsaturated/α-hetero) is 1. The predicted octanol–water partition coefficient (Wildman–Crippen LogP) is 0.355. The normalized spacial score (nSPS) is 12.1. The zero-order valence-corrected chi connectivity index (χ0v) is 9.22. The average molecular weight is 241 g/mol. The standard InChI is InChI=1S/C7H13ClN2O3S/c8-5-7(11)6(10-14(12)13)3-1-2-4-9/h6H,1-5,9H2. The van der Waals surface area contributed by atoms with Crippen molar-refractivity contribution in [2.45, 2.75) is 25.3 Å². The quantitative estimate of drug-likeness (QED) is 0.514. The topological polar surface area (TPSA) is 89.6 Å². The summed E-state index contributed by atoms with van der Waals surface area (Å²) in [6.07, 6.45) is 1.80. The molecule has 0 aromatic heterocycles. The summed E-state index contributed by atoms with van der Waals surface area (Å²) in [5, 5.41) is 0. The number of nitrogens with zero attached hydrogens (tertiary/aromatic N) is 1.